The molecule has 0 spiro atoms. The number of hydrogen-bond donors (Lipinski definition) is 1. The van der Waals surface area contributed by atoms with Gasteiger partial charge in [-0.2, -0.15) is 0 Å². The highest BCUT2D eigenvalue weighted by Gasteiger charge is 2.15. The van der Waals surface area contributed by atoms with Crippen LogP contribution in [0.15, 0.2) is 12.1 Å². The first kappa shape index (κ1) is 10.2. The SMILES string of the molecule is CN(O)C(=O)c1nc(Cl)ccc1Cl. The van der Waals surface area contributed by atoms with E-state index in [4.69, 9.17) is 28.4 Å². The van der Waals surface area contributed by atoms with Gasteiger partial charge in [-0.1, -0.05) is 23.2 Å². The molecule has 1 aromatic heterocycles. The number of halogens is 2. The van der Waals surface area contributed by atoms with Gasteiger partial charge in [0.2, 0.25) is 0 Å². The summed E-state index contributed by atoms with van der Waals surface area (Å²) in [5.41, 5.74) is -0.0702. The van der Waals surface area contributed by atoms with Crippen LogP contribution < -0.4 is 0 Å². The summed E-state index contributed by atoms with van der Waals surface area (Å²) in [7, 11) is 1.18. The molecule has 0 atom stereocenters. The predicted molar refractivity (Wildman–Crippen MR) is 48.1 cm³/mol. The van der Waals surface area contributed by atoms with Crippen LogP contribution >= 0.6 is 23.2 Å². The van der Waals surface area contributed by atoms with Crippen LogP contribution in [0.4, 0.5) is 0 Å². The number of carbonyl (C=O) groups is 1. The van der Waals surface area contributed by atoms with Crippen LogP contribution in [0.5, 0.6) is 0 Å². The molecular formula is C7H6Cl2N2O2. The number of rotatable bonds is 1. The Morgan fingerprint density at radius 3 is 2.69 bits per heavy atom. The summed E-state index contributed by atoms with van der Waals surface area (Å²) in [6.45, 7) is 0. The molecule has 4 nitrogen and oxygen atoms in total. The molecule has 0 aliphatic rings. The molecule has 13 heavy (non-hydrogen) atoms. The summed E-state index contributed by atoms with van der Waals surface area (Å²) in [6.07, 6.45) is 0. The van der Waals surface area contributed by atoms with Gasteiger partial charge in [0.15, 0.2) is 5.69 Å². The molecule has 0 unspecified atom stereocenters. The zero-order valence-corrected chi connectivity index (χ0v) is 8.17. The molecule has 0 saturated heterocycles. The fourth-order valence-electron chi connectivity index (χ4n) is 0.722. The molecule has 1 N–H and O–H groups in total. The van der Waals surface area contributed by atoms with E-state index in [0.717, 1.165) is 0 Å². The first-order valence-electron chi connectivity index (χ1n) is 3.31. The summed E-state index contributed by atoms with van der Waals surface area (Å²) in [5.74, 6) is -0.701. The number of aromatic nitrogens is 1. The van der Waals surface area contributed by atoms with E-state index in [-0.39, 0.29) is 15.9 Å². The molecule has 1 amide bonds. The van der Waals surface area contributed by atoms with Crippen molar-refractivity contribution in [2.24, 2.45) is 0 Å². The molecule has 0 saturated carbocycles. The Labute approximate surface area is 84.7 Å². The summed E-state index contributed by atoms with van der Waals surface area (Å²) in [6, 6.07) is 2.89. The van der Waals surface area contributed by atoms with E-state index in [1.165, 1.54) is 19.2 Å². The fourth-order valence-corrected chi connectivity index (χ4v) is 1.06. The monoisotopic (exact) mass is 220 g/mol. The first-order chi connectivity index (χ1) is 6.02. The minimum absolute atomic E-state index is 0.0702. The van der Waals surface area contributed by atoms with E-state index >= 15 is 0 Å². The lowest BCUT2D eigenvalue weighted by Gasteiger charge is -2.08. The summed E-state index contributed by atoms with van der Waals surface area (Å²) < 4.78 is 0. The minimum Gasteiger partial charge on any atom is -0.286 e. The second-order valence-corrected chi connectivity index (χ2v) is 3.09. The van der Waals surface area contributed by atoms with Crippen molar-refractivity contribution < 1.29 is 10.0 Å². The zero-order valence-electron chi connectivity index (χ0n) is 6.66. The summed E-state index contributed by atoms with van der Waals surface area (Å²) in [5, 5.41) is 9.52. The first-order valence-corrected chi connectivity index (χ1v) is 4.07. The molecule has 1 rings (SSSR count). The normalized spacial score (nSPS) is 9.85. The minimum atomic E-state index is -0.701. The number of hydroxylamine groups is 2. The highest BCUT2D eigenvalue weighted by Crippen LogP contribution is 2.17. The molecule has 0 aromatic carbocycles. The van der Waals surface area contributed by atoms with Gasteiger partial charge in [0.05, 0.1) is 5.02 Å². The molecule has 1 heterocycles. The van der Waals surface area contributed by atoms with Crippen LogP contribution in [0.1, 0.15) is 10.5 Å². The number of nitrogens with zero attached hydrogens (tertiary/aromatic N) is 2. The number of amides is 1. The summed E-state index contributed by atoms with van der Waals surface area (Å²) >= 11 is 11.2. The van der Waals surface area contributed by atoms with Gasteiger partial charge < -0.3 is 0 Å². The Bertz CT molecular complexity index is 341. The number of pyridine rings is 1. The van der Waals surface area contributed by atoms with Crippen molar-refractivity contribution in [2.75, 3.05) is 7.05 Å². The quantitative estimate of drug-likeness (QED) is 0.447. The Morgan fingerprint density at radius 1 is 1.54 bits per heavy atom. The van der Waals surface area contributed by atoms with E-state index < -0.39 is 5.91 Å². The maximum Gasteiger partial charge on any atom is 0.297 e. The Kier molecular flexibility index (Phi) is 3.08. The maximum atomic E-state index is 11.2. The lowest BCUT2D eigenvalue weighted by atomic mass is 10.3. The second-order valence-electron chi connectivity index (χ2n) is 2.29. The average Bonchev–Trinajstić information content (AvgIpc) is 2.08. The van der Waals surface area contributed by atoms with Gasteiger partial charge in [-0.3, -0.25) is 10.0 Å². The highest BCUT2D eigenvalue weighted by atomic mass is 35.5. The largest absolute Gasteiger partial charge is 0.297 e. The fraction of sp³-hybridized carbons (Fsp3) is 0.143. The van der Waals surface area contributed by atoms with E-state index in [1.807, 2.05) is 0 Å². The van der Waals surface area contributed by atoms with Gasteiger partial charge in [0.25, 0.3) is 5.91 Å². The highest BCUT2D eigenvalue weighted by molar-refractivity contribution is 6.34. The van der Waals surface area contributed by atoms with Gasteiger partial charge in [0.1, 0.15) is 5.15 Å². The predicted octanol–water partition coefficient (Wildman–Crippen LogP) is 1.85. The molecule has 0 bridgehead atoms. The molecule has 0 aliphatic heterocycles. The van der Waals surface area contributed by atoms with Crippen LogP contribution in [0.2, 0.25) is 10.2 Å². The molecular weight excluding hydrogens is 215 g/mol. The van der Waals surface area contributed by atoms with Crippen molar-refractivity contribution in [1.29, 1.82) is 0 Å². The van der Waals surface area contributed by atoms with Gasteiger partial charge >= 0.3 is 0 Å². The molecule has 0 aliphatic carbocycles. The zero-order chi connectivity index (χ0) is 10.0. The van der Waals surface area contributed by atoms with Gasteiger partial charge in [0, 0.05) is 7.05 Å². The van der Waals surface area contributed by atoms with E-state index in [2.05, 4.69) is 4.98 Å². The van der Waals surface area contributed by atoms with Crippen molar-refractivity contribution in [3.05, 3.63) is 28.0 Å². The molecule has 1 aromatic rings. The van der Waals surface area contributed by atoms with Gasteiger partial charge in [-0.05, 0) is 12.1 Å². The van der Waals surface area contributed by atoms with Crippen LogP contribution in [0.3, 0.4) is 0 Å². The van der Waals surface area contributed by atoms with Crippen molar-refractivity contribution in [3.8, 4) is 0 Å². The number of carbonyl (C=O) groups excluding carboxylic acids is 1. The van der Waals surface area contributed by atoms with E-state index in [9.17, 15) is 4.79 Å². The Balaban J connectivity index is 3.13. The molecule has 0 fully saturated rings. The van der Waals surface area contributed by atoms with Crippen molar-refractivity contribution in [2.45, 2.75) is 0 Å². The third-order valence-electron chi connectivity index (χ3n) is 1.31. The average molecular weight is 221 g/mol. The molecule has 70 valence electrons. The van der Waals surface area contributed by atoms with Gasteiger partial charge in [-0.25, -0.2) is 10.0 Å². The second kappa shape index (κ2) is 3.91. The Hall–Kier alpha value is -0.840. The van der Waals surface area contributed by atoms with Crippen molar-refractivity contribution in [1.82, 2.24) is 10.0 Å². The standard InChI is InChI=1S/C7H6Cl2N2O2/c1-11(13)7(12)6-4(8)2-3-5(9)10-6/h2-3,13H,1H3. The van der Waals surface area contributed by atoms with Crippen LogP contribution in [0.25, 0.3) is 0 Å². The lowest BCUT2D eigenvalue weighted by molar-refractivity contribution is -0.0379. The molecule has 0 radical (unpaired) electrons. The number of hydrogen-bond acceptors (Lipinski definition) is 3. The topological polar surface area (TPSA) is 53.4 Å². The third-order valence-corrected chi connectivity index (χ3v) is 1.82. The van der Waals surface area contributed by atoms with Crippen LogP contribution in [-0.2, 0) is 0 Å². The van der Waals surface area contributed by atoms with Crippen LogP contribution in [0, 0.1) is 0 Å². The Morgan fingerprint density at radius 2 is 2.15 bits per heavy atom. The van der Waals surface area contributed by atoms with E-state index in [1.54, 1.807) is 0 Å². The van der Waals surface area contributed by atoms with E-state index in [0.29, 0.717) is 5.06 Å². The smallest absolute Gasteiger partial charge is 0.286 e. The molecule has 6 heteroatoms. The maximum absolute atomic E-state index is 11.2. The van der Waals surface area contributed by atoms with Crippen LogP contribution in [-0.4, -0.2) is 28.2 Å². The van der Waals surface area contributed by atoms with Crippen molar-refractivity contribution in [3.63, 3.8) is 0 Å². The third kappa shape index (κ3) is 2.30. The lowest BCUT2D eigenvalue weighted by Crippen LogP contribution is -2.23. The summed E-state index contributed by atoms with van der Waals surface area (Å²) in [4.78, 5) is 14.9. The van der Waals surface area contributed by atoms with Crippen molar-refractivity contribution >= 4 is 29.1 Å². The van der Waals surface area contributed by atoms with Gasteiger partial charge in [-0.15, -0.1) is 0 Å².